The van der Waals surface area contributed by atoms with Crippen LogP contribution in [0.15, 0.2) is 42.5 Å². The van der Waals surface area contributed by atoms with Gasteiger partial charge < -0.3 is 4.57 Å². The van der Waals surface area contributed by atoms with Gasteiger partial charge in [0.1, 0.15) is 5.82 Å². The minimum atomic E-state index is -0.868. The van der Waals surface area contributed by atoms with E-state index in [1.54, 1.807) is 0 Å². The van der Waals surface area contributed by atoms with Crippen LogP contribution in [0.3, 0.4) is 0 Å². The SMILES string of the molecule is CCCn1c(/C=C/c2ccccc2)nc2cc(F)c(F)cc21. The summed E-state index contributed by atoms with van der Waals surface area (Å²) in [6, 6.07) is 12.2. The predicted molar refractivity (Wildman–Crippen MR) is 85.3 cm³/mol. The predicted octanol–water partition coefficient (Wildman–Crippen LogP) is 4.89. The van der Waals surface area contributed by atoms with Crippen molar-refractivity contribution in [2.75, 3.05) is 0 Å². The summed E-state index contributed by atoms with van der Waals surface area (Å²) in [6.07, 6.45) is 4.71. The number of aryl methyl sites for hydroxylation is 1. The Morgan fingerprint density at radius 1 is 1.05 bits per heavy atom. The molecule has 0 bridgehead atoms. The third-order valence-corrected chi connectivity index (χ3v) is 3.49. The summed E-state index contributed by atoms with van der Waals surface area (Å²) in [5.74, 6) is -1.01. The summed E-state index contributed by atoms with van der Waals surface area (Å²) in [5.41, 5.74) is 2.14. The minimum absolute atomic E-state index is 0.472. The molecule has 0 radical (unpaired) electrons. The van der Waals surface area contributed by atoms with Crippen molar-refractivity contribution >= 4 is 23.2 Å². The molecule has 0 atom stereocenters. The zero-order valence-electron chi connectivity index (χ0n) is 12.3. The molecule has 4 heteroatoms. The van der Waals surface area contributed by atoms with Crippen molar-refractivity contribution in [2.45, 2.75) is 19.9 Å². The number of imidazole rings is 1. The first-order chi connectivity index (χ1) is 10.7. The highest BCUT2D eigenvalue weighted by Crippen LogP contribution is 2.21. The van der Waals surface area contributed by atoms with Gasteiger partial charge in [-0.3, -0.25) is 0 Å². The summed E-state index contributed by atoms with van der Waals surface area (Å²) in [6.45, 7) is 2.74. The number of nitrogens with zero attached hydrogens (tertiary/aromatic N) is 2. The fourth-order valence-electron chi connectivity index (χ4n) is 2.46. The zero-order chi connectivity index (χ0) is 15.5. The van der Waals surface area contributed by atoms with Gasteiger partial charge in [-0.15, -0.1) is 0 Å². The molecule has 0 saturated carbocycles. The molecular formula is C18H16F2N2. The summed E-state index contributed by atoms with van der Waals surface area (Å²) < 4.78 is 28.8. The second-order valence-corrected chi connectivity index (χ2v) is 5.12. The average molecular weight is 298 g/mol. The van der Waals surface area contributed by atoms with Crippen molar-refractivity contribution < 1.29 is 8.78 Å². The van der Waals surface area contributed by atoms with Crippen LogP contribution in [0.2, 0.25) is 0 Å². The Morgan fingerprint density at radius 3 is 2.50 bits per heavy atom. The maximum Gasteiger partial charge on any atom is 0.161 e. The number of hydrogen-bond acceptors (Lipinski definition) is 1. The van der Waals surface area contributed by atoms with Gasteiger partial charge >= 0.3 is 0 Å². The second kappa shape index (κ2) is 6.10. The second-order valence-electron chi connectivity index (χ2n) is 5.12. The highest BCUT2D eigenvalue weighted by atomic mass is 19.2. The molecule has 0 fully saturated rings. The Morgan fingerprint density at radius 2 is 1.77 bits per heavy atom. The van der Waals surface area contributed by atoms with E-state index in [-0.39, 0.29) is 0 Å². The van der Waals surface area contributed by atoms with Gasteiger partial charge in [-0.05, 0) is 18.1 Å². The van der Waals surface area contributed by atoms with Crippen LogP contribution in [-0.4, -0.2) is 9.55 Å². The molecule has 1 aromatic heterocycles. The molecule has 3 aromatic rings. The molecule has 0 aliphatic carbocycles. The Hall–Kier alpha value is -2.49. The first kappa shape index (κ1) is 14.4. The lowest BCUT2D eigenvalue weighted by atomic mass is 10.2. The highest BCUT2D eigenvalue weighted by Gasteiger charge is 2.12. The van der Waals surface area contributed by atoms with Crippen molar-refractivity contribution in [1.29, 1.82) is 0 Å². The molecule has 0 amide bonds. The summed E-state index contributed by atoms with van der Waals surface area (Å²) in [4.78, 5) is 4.42. The quantitative estimate of drug-likeness (QED) is 0.670. The van der Waals surface area contributed by atoms with E-state index in [0.717, 1.165) is 18.1 Å². The van der Waals surface area contributed by atoms with Crippen LogP contribution in [0.1, 0.15) is 24.7 Å². The van der Waals surface area contributed by atoms with Crippen molar-refractivity contribution in [3.05, 3.63) is 65.5 Å². The molecular weight excluding hydrogens is 282 g/mol. The van der Waals surface area contributed by atoms with E-state index in [0.29, 0.717) is 23.4 Å². The minimum Gasteiger partial charge on any atom is -0.324 e. The van der Waals surface area contributed by atoms with Gasteiger partial charge in [-0.25, -0.2) is 13.8 Å². The molecule has 1 heterocycles. The topological polar surface area (TPSA) is 17.8 Å². The molecule has 2 aromatic carbocycles. The lowest BCUT2D eigenvalue weighted by Crippen LogP contribution is -1.99. The Balaban J connectivity index is 2.08. The molecule has 0 aliphatic heterocycles. The molecule has 0 N–H and O–H groups in total. The van der Waals surface area contributed by atoms with Crippen LogP contribution < -0.4 is 0 Å². The van der Waals surface area contributed by atoms with Crippen molar-refractivity contribution in [3.8, 4) is 0 Å². The van der Waals surface area contributed by atoms with Crippen molar-refractivity contribution in [2.24, 2.45) is 0 Å². The van der Waals surface area contributed by atoms with E-state index < -0.39 is 11.6 Å². The maximum atomic E-state index is 13.5. The fraction of sp³-hybridized carbons (Fsp3) is 0.167. The third-order valence-electron chi connectivity index (χ3n) is 3.49. The van der Waals surface area contributed by atoms with E-state index in [1.165, 1.54) is 6.07 Å². The summed E-state index contributed by atoms with van der Waals surface area (Å²) >= 11 is 0. The van der Waals surface area contributed by atoms with Gasteiger partial charge in [0.05, 0.1) is 11.0 Å². The van der Waals surface area contributed by atoms with Gasteiger partial charge in [-0.2, -0.15) is 0 Å². The van der Waals surface area contributed by atoms with Crippen molar-refractivity contribution in [3.63, 3.8) is 0 Å². The van der Waals surface area contributed by atoms with Gasteiger partial charge in [0.25, 0.3) is 0 Å². The normalized spacial score (nSPS) is 11.6. The first-order valence-corrected chi connectivity index (χ1v) is 7.27. The van der Waals surface area contributed by atoms with Gasteiger partial charge in [0.2, 0.25) is 0 Å². The Labute approximate surface area is 127 Å². The molecule has 0 unspecified atom stereocenters. The van der Waals surface area contributed by atoms with E-state index in [9.17, 15) is 8.78 Å². The van der Waals surface area contributed by atoms with Crippen LogP contribution in [0.4, 0.5) is 8.78 Å². The molecule has 3 rings (SSSR count). The number of aromatic nitrogens is 2. The van der Waals surface area contributed by atoms with Crippen LogP contribution in [-0.2, 0) is 6.54 Å². The fourth-order valence-corrected chi connectivity index (χ4v) is 2.46. The Kier molecular flexibility index (Phi) is 4.00. The van der Waals surface area contributed by atoms with Crippen molar-refractivity contribution in [1.82, 2.24) is 9.55 Å². The molecule has 112 valence electrons. The standard InChI is InChI=1S/C18H16F2N2/c1-2-10-22-17-12-15(20)14(19)11-16(17)21-18(22)9-8-13-6-4-3-5-7-13/h3-9,11-12H,2,10H2,1H3/b9-8+. The third kappa shape index (κ3) is 2.77. The van der Waals surface area contributed by atoms with Gasteiger partial charge in [0.15, 0.2) is 11.6 Å². The van der Waals surface area contributed by atoms with Crippen LogP contribution in [0.25, 0.3) is 23.2 Å². The largest absolute Gasteiger partial charge is 0.324 e. The zero-order valence-corrected chi connectivity index (χ0v) is 12.3. The first-order valence-electron chi connectivity index (χ1n) is 7.27. The van der Waals surface area contributed by atoms with Crippen LogP contribution in [0.5, 0.6) is 0 Å². The average Bonchev–Trinajstić information content (AvgIpc) is 2.84. The number of fused-ring (bicyclic) bond motifs is 1. The lowest BCUT2D eigenvalue weighted by Gasteiger charge is -2.05. The molecule has 0 aliphatic rings. The molecule has 0 spiro atoms. The van der Waals surface area contributed by atoms with E-state index >= 15 is 0 Å². The molecule has 22 heavy (non-hydrogen) atoms. The van der Waals surface area contributed by atoms with Gasteiger partial charge in [-0.1, -0.05) is 43.3 Å². The number of hydrogen-bond donors (Lipinski definition) is 0. The smallest absolute Gasteiger partial charge is 0.161 e. The monoisotopic (exact) mass is 298 g/mol. The van der Waals surface area contributed by atoms with Crippen LogP contribution in [0, 0.1) is 11.6 Å². The maximum absolute atomic E-state index is 13.5. The number of rotatable bonds is 4. The highest BCUT2D eigenvalue weighted by molar-refractivity contribution is 5.80. The molecule has 0 saturated heterocycles. The van der Waals surface area contributed by atoms with Gasteiger partial charge in [0, 0.05) is 18.7 Å². The Bertz CT molecular complexity index is 820. The lowest BCUT2D eigenvalue weighted by molar-refractivity contribution is 0.510. The number of halogens is 2. The van der Waals surface area contributed by atoms with Crippen LogP contribution >= 0.6 is 0 Å². The molecule has 2 nitrogen and oxygen atoms in total. The number of benzene rings is 2. The van der Waals surface area contributed by atoms with E-state index in [4.69, 9.17) is 0 Å². The van der Waals surface area contributed by atoms with E-state index in [1.807, 2.05) is 54.0 Å². The summed E-state index contributed by atoms with van der Waals surface area (Å²) in [5, 5.41) is 0. The summed E-state index contributed by atoms with van der Waals surface area (Å²) in [7, 11) is 0. The van der Waals surface area contributed by atoms with E-state index in [2.05, 4.69) is 4.98 Å².